The topological polar surface area (TPSA) is 203 Å². The van der Waals surface area contributed by atoms with Crippen LogP contribution in [-0.4, -0.2) is 89.6 Å². The Morgan fingerprint density at radius 1 is 0.646 bits per heavy atom. The number of benzene rings is 5. The molecule has 0 atom stereocenters. The molecule has 1 spiro atoms. The molecule has 65 heavy (non-hydrogen) atoms. The Hall–Kier alpha value is -7.22. The molecule has 0 saturated carbocycles. The predicted molar refractivity (Wildman–Crippen MR) is 241 cm³/mol. The number of esters is 1. The van der Waals surface area contributed by atoms with E-state index in [-0.39, 0.29) is 62.4 Å². The molecular formula is C50H49N5O10. The summed E-state index contributed by atoms with van der Waals surface area (Å²) in [5, 5.41) is 5.64. The lowest BCUT2D eigenvalue weighted by atomic mass is 9.77. The van der Waals surface area contributed by atoms with E-state index in [1.807, 2.05) is 48.5 Å². The van der Waals surface area contributed by atoms with Crippen molar-refractivity contribution in [3.63, 3.8) is 0 Å². The van der Waals surface area contributed by atoms with Crippen LogP contribution >= 0.6 is 0 Å². The monoisotopic (exact) mass is 879 g/mol. The van der Waals surface area contributed by atoms with Crippen LogP contribution in [0.3, 0.4) is 0 Å². The minimum absolute atomic E-state index is 0.101. The van der Waals surface area contributed by atoms with E-state index in [0.717, 1.165) is 22.4 Å². The van der Waals surface area contributed by atoms with E-state index in [1.54, 1.807) is 53.4 Å². The fourth-order valence-corrected chi connectivity index (χ4v) is 7.91. The molecule has 6 N–H and O–H groups in total. The van der Waals surface area contributed by atoms with E-state index in [2.05, 4.69) is 22.5 Å². The van der Waals surface area contributed by atoms with Gasteiger partial charge in [-0.2, -0.15) is 0 Å². The van der Waals surface area contributed by atoms with Gasteiger partial charge in [0.15, 0.2) is 5.60 Å². The maximum atomic E-state index is 13.4. The first-order valence-electron chi connectivity index (χ1n) is 21.4. The molecule has 0 fully saturated rings. The largest absolute Gasteiger partial charge is 0.456 e. The zero-order valence-corrected chi connectivity index (χ0v) is 35.7. The molecule has 5 aromatic carbocycles. The molecular weight excluding hydrogens is 831 g/mol. The van der Waals surface area contributed by atoms with Gasteiger partial charge in [-0.05, 0) is 60.2 Å². The Balaban J connectivity index is 0.661. The van der Waals surface area contributed by atoms with E-state index in [1.165, 1.54) is 6.07 Å². The standard InChI is InChI=1S/C50H49N5O10/c51-37-12-15-41-44(30-37)64-45-31-38(52)13-16-42(45)50(41)40-14-11-35(29-39(40)49(59)65-50)48(58)54-20-22-61-24-26-63-28-27-62-25-23-60-21-18-46(56)53-19-17-47(57)55-32-36-7-2-1-5-33(36)9-10-34-6-3-4-8-43(34)55/h1-8,11-16,29-31H,17-28,32,51-52H2,(H,53,56)(H,54,58). The first-order valence-corrected chi connectivity index (χ1v) is 21.4. The summed E-state index contributed by atoms with van der Waals surface area (Å²) in [7, 11) is 0. The summed E-state index contributed by atoms with van der Waals surface area (Å²) in [6, 6.07) is 30.7. The van der Waals surface area contributed by atoms with Crippen molar-refractivity contribution in [2.24, 2.45) is 0 Å². The number of hydrogen-bond donors (Lipinski definition) is 4. The summed E-state index contributed by atoms with van der Waals surface area (Å²) in [5.74, 6) is 6.06. The minimum atomic E-state index is -1.30. The summed E-state index contributed by atoms with van der Waals surface area (Å²) < 4.78 is 34.5. The fourth-order valence-electron chi connectivity index (χ4n) is 7.91. The number of nitrogens with two attached hydrogens (primary N) is 2. The third kappa shape index (κ3) is 10.1. The number of ether oxygens (including phenoxy) is 6. The van der Waals surface area contributed by atoms with Crippen molar-refractivity contribution in [3.8, 4) is 23.3 Å². The molecule has 0 saturated heterocycles. The Labute approximate surface area is 376 Å². The highest BCUT2D eigenvalue weighted by molar-refractivity contribution is 6.02. The first kappa shape index (κ1) is 44.4. The summed E-state index contributed by atoms with van der Waals surface area (Å²) >= 11 is 0. The molecule has 15 nitrogen and oxygen atoms in total. The Kier molecular flexibility index (Phi) is 14.0. The summed E-state index contributed by atoms with van der Waals surface area (Å²) in [6.45, 7) is 3.39. The zero-order valence-electron chi connectivity index (χ0n) is 35.7. The van der Waals surface area contributed by atoms with Gasteiger partial charge in [-0.3, -0.25) is 14.4 Å². The van der Waals surface area contributed by atoms with Gasteiger partial charge in [-0.15, -0.1) is 0 Å². The van der Waals surface area contributed by atoms with Crippen molar-refractivity contribution in [1.82, 2.24) is 10.6 Å². The van der Waals surface area contributed by atoms with Gasteiger partial charge >= 0.3 is 5.97 Å². The van der Waals surface area contributed by atoms with Crippen molar-refractivity contribution in [1.29, 1.82) is 0 Å². The van der Waals surface area contributed by atoms with Crippen LogP contribution in [-0.2, 0) is 45.4 Å². The number of carbonyl (C=O) groups excluding carboxylic acids is 4. The highest BCUT2D eigenvalue weighted by atomic mass is 16.6. The Morgan fingerprint density at radius 3 is 1.95 bits per heavy atom. The van der Waals surface area contributed by atoms with Crippen LogP contribution in [0.2, 0.25) is 0 Å². The van der Waals surface area contributed by atoms with E-state index in [9.17, 15) is 19.2 Å². The van der Waals surface area contributed by atoms with Gasteiger partial charge < -0.3 is 55.4 Å². The number of nitrogens with one attached hydrogen (secondary N) is 2. The lowest BCUT2D eigenvalue weighted by molar-refractivity contribution is -0.122. The molecule has 3 aliphatic rings. The molecule has 3 heterocycles. The number of anilines is 3. The normalized spacial score (nSPS) is 13.6. The number of hydrogen-bond acceptors (Lipinski definition) is 12. The van der Waals surface area contributed by atoms with Crippen molar-refractivity contribution in [3.05, 3.63) is 148 Å². The van der Waals surface area contributed by atoms with Crippen molar-refractivity contribution < 1.29 is 47.6 Å². The number of carbonyl (C=O) groups is 4. The average Bonchev–Trinajstić information content (AvgIpc) is 3.59. The van der Waals surface area contributed by atoms with Gasteiger partial charge in [-0.1, -0.05) is 48.2 Å². The van der Waals surface area contributed by atoms with Gasteiger partial charge in [0.2, 0.25) is 11.8 Å². The van der Waals surface area contributed by atoms with Crippen LogP contribution in [0.5, 0.6) is 11.5 Å². The molecule has 0 radical (unpaired) electrons. The first-order chi connectivity index (χ1) is 31.7. The van der Waals surface area contributed by atoms with Crippen LogP contribution in [0, 0.1) is 11.8 Å². The zero-order chi connectivity index (χ0) is 45.2. The third-order valence-electron chi connectivity index (χ3n) is 11.1. The van der Waals surface area contributed by atoms with Crippen molar-refractivity contribution >= 4 is 40.8 Å². The van der Waals surface area contributed by atoms with E-state index in [0.29, 0.717) is 91.3 Å². The molecule has 0 aromatic heterocycles. The molecule has 3 aliphatic heterocycles. The van der Waals surface area contributed by atoms with Crippen LogP contribution in [0.25, 0.3) is 0 Å². The third-order valence-corrected chi connectivity index (χ3v) is 11.1. The maximum Gasteiger partial charge on any atom is 0.340 e. The number of amides is 3. The van der Waals surface area contributed by atoms with Crippen LogP contribution < -0.4 is 31.7 Å². The second-order valence-electron chi connectivity index (χ2n) is 15.4. The maximum absolute atomic E-state index is 13.4. The number of para-hydroxylation sites is 1. The van der Waals surface area contributed by atoms with Gasteiger partial charge in [0.05, 0.1) is 70.7 Å². The van der Waals surface area contributed by atoms with Crippen LogP contribution in [0.1, 0.15) is 66.9 Å². The van der Waals surface area contributed by atoms with E-state index < -0.39 is 11.6 Å². The second kappa shape index (κ2) is 20.5. The number of fused-ring (bicyclic) bond motifs is 8. The Bertz CT molecular complexity index is 2610. The van der Waals surface area contributed by atoms with Crippen molar-refractivity contribution in [2.45, 2.75) is 25.0 Å². The van der Waals surface area contributed by atoms with Gasteiger partial charge in [0.1, 0.15) is 11.5 Å². The molecule has 334 valence electrons. The molecule has 3 amide bonds. The Morgan fingerprint density at radius 2 is 1.25 bits per heavy atom. The van der Waals surface area contributed by atoms with Gasteiger partial charge in [-0.25, -0.2) is 4.79 Å². The molecule has 15 heteroatoms. The van der Waals surface area contributed by atoms with Crippen LogP contribution in [0.15, 0.2) is 103 Å². The lowest BCUT2D eigenvalue weighted by Gasteiger charge is -2.36. The number of nitrogen functional groups attached to an aromatic ring is 2. The molecule has 0 aliphatic carbocycles. The molecule has 0 unspecified atom stereocenters. The SMILES string of the molecule is Nc1ccc2c(c1)Oc1cc(N)ccc1C21OC(=O)c2cc(C(=O)NCCOCCOCCOCCOCCC(=O)NCCC(=O)N3Cc4ccccc4C#Cc4ccccc43)ccc21. The predicted octanol–water partition coefficient (Wildman–Crippen LogP) is 5.06. The smallest absolute Gasteiger partial charge is 0.340 e. The fraction of sp³-hybridized carbons (Fsp3) is 0.280. The lowest BCUT2D eigenvalue weighted by Crippen LogP contribution is -2.35. The van der Waals surface area contributed by atoms with E-state index >= 15 is 0 Å². The number of rotatable bonds is 19. The molecule has 8 rings (SSSR count). The molecule has 5 aromatic rings. The minimum Gasteiger partial charge on any atom is -0.456 e. The number of nitrogens with zero attached hydrogens (tertiary/aromatic N) is 1. The quantitative estimate of drug-likeness (QED) is 0.0373. The van der Waals surface area contributed by atoms with Crippen LogP contribution in [0.4, 0.5) is 17.1 Å². The molecule has 0 bridgehead atoms. The second-order valence-corrected chi connectivity index (χ2v) is 15.4. The average molecular weight is 880 g/mol. The van der Waals surface area contributed by atoms with Gasteiger partial charge in [0, 0.05) is 82.8 Å². The summed E-state index contributed by atoms with van der Waals surface area (Å²) in [6.07, 6.45) is 0.312. The summed E-state index contributed by atoms with van der Waals surface area (Å²) in [5.41, 5.74) is 17.6. The highest BCUT2D eigenvalue weighted by Gasteiger charge is 2.53. The highest BCUT2D eigenvalue weighted by Crippen LogP contribution is 2.56. The van der Waals surface area contributed by atoms with Gasteiger partial charge in [0.25, 0.3) is 5.91 Å². The van der Waals surface area contributed by atoms with Crippen molar-refractivity contribution in [2.75, 3.05) is 82.3 Å². The van der Waals surface area contributed by atoms with E-state index in [4.69, 9.17) is 39.9 Å². The summed E-state index contributed by atoms with van der Waals surface area (Å²) in [4.78, 5) is 53.9.